The zero-order valence-corrected chi connectivity index (χ0v) is 9.04. The van der Waals surface area contributed by atoms with E-state index in [2.05, 4.69) is 16.8 Å². The van der Waals surface area contributed by atoms with Crippen molar-refractivity contribution in [2.75, 3.05) is 26.2 Å². The van der Waals surface area contributed by atoms with Crippen molar-refractivity contribution in [1.82, 2.24) is 4.90 Å². The van der Waals surface area contributed by atoms with Gasteiger partial charge in [0.2, 0.25) is 0 Å². The van der Waals surface area contributed by atoms with E-state index < -0.39 is 0 Å². The van der Waals surface area contributed by atoms with Crippen LogP contribution in [0, 0.1) is 5.92 Å². The largest absolute Gasteiger partial charge is 0.463 e. The molecular weight excluding hydrogens is 176 g/mol. The molecule has 2 heterocycles. The number of hydrogen-bond acceptors (Lipinski definition) is 3. The fourth-order valence-corrected chi connectivity index (χ4v) is 2.34. The van der Waals surface area contributed by atoms with E-state index in [4.69, 9.17) is 4.74 Å². The third-order valence-corrected chi connectivity index (χ3v) is 3.15. The van der Waals surface area contributed by atoms with Crippen LogP contribution in [0.5, 0.6) is 0 Å². The van der Waals surface area contributed by atoms with E-state index in [1.165, 1.54) is 25.7 Å². The first-order valence-corrected chi connectivity index (χ1v) is 5.82. The predicted molar refractivity (Wildman–Crippen MR) is 57.5 cm³/mol. The highest BCUT2D eigenvalue weighted by Gasteiger charge is 2.23. The van der Waals surface area contributed by atoms with Crippen molar-refractivity contribution in [2.24, 2.45) is 10.9 Å². The number of aliphatic imine (C=N–C) groups is 1. The molecule has 0 radical (unpaired) electrons. The number of likely N-dealkylation sites (tertiary alicyclic amines) is 1. The molecular formula is C11H20N2O. The van der Waals surface area contributed by atoms with Crippen LogP contribution in [0.1, 0.15) is 32.6 Å². The van der Waals surface area contributed by atoms with Crippen LogP contribution in [-0.2, 0) is 4.74 Å². The molecule has 0 unspecified atom stereocenters. The Morgan fingerprint density at radius 2 is 2.21 bits per heavy atom. The van der Waals surface area contributed by atoms with Crippen LogP contribution in [0.4, 0.5) is 0 Å². The molecule has 2 aliphatic rings. The summed E-state index contributed by atoms with van der Waals surface area (Å²) in [5.41, 5.74) is 0. The van der Waals surface area contributed by atoms with E-state index in [0.29, 0.717) is 0 Å². The average molecular weight is 196 g/mol. The molecule has 3 heteroatoms. The van der Waals surface area contributed by atoms with Crippen LogP contribution < -0.4 is 0 Å². The number of hydrogen-bond donors (Lipinski definition) is 0. The van der Waals surface area contributed by atoms with Gasteiger partial charge in [-0.3, -0.25) is 0 Å². The van der Waals surface area contributed by atoms with Gasteiger partial charge in [0.25, 0.3) is 6.02 Å². The van der Waals surface area contributed by atoms with Gasteiger partial charge in [0.1, 0.15) is 6.61 Å². The SMILES string of the molecule is CCCC1CCN(C2=NCCO2)CC1. The molecule has 14 heavy (non-hydrogen) atoms. The Morgan fingerprint density at radius 1 is 1.43 bits per heavy atom. The zero-order valence-electron chi connectivity index (χ0n) is 9.04. The van der Waals surface area contributed by atoms with E-state index in [1.807, 2.05) is 0 Å². The summed E-state index contributed by atoms with van der Waals surface area (Å²) in [4.78, 5) is 6.66. The Bertz CT molecular complexity index is 207. The van der Waals surface area contributed by atoms with Crippen molar-refractivity contribution < 1.29 is 4.74 Å². The van der Waals surface area contributed by atoms with E-state index in [9.17, 15) is 0 Å². The maximum atomic E-state index is 5.46. The molecule has 0 N–H and O–H groups in total. The maximum Gasteiger partial charge on any atom is 0.287 e. The third kappa shape index (κ3) is 2.20. The Labute approximate surface area is 86.1 Å². The van der Waals surface area contributed by atoms with Gasteiger partial charge in [-0.05, 0) is 18.8 Å². The van der Waals surface area contributed by atoms with E-state index in [-0.39, 0.29) is 0 Å². The minimum atomic E-state index is 0.782. The first kappa shape index (κ1) is 9.81. The summed E-state index contributed by atoms with van der Waals surface area (Å²) in [6.45, 7) is 6.19. The van der Waals surface area contributed by atoms with Crippen molar-refractivity contribution in [2.45, 2.75) is 32.6 Å². The summed E-state index contributed by atoms with van der Waals surface area (Å²) < 4.78 is 5.46. The number of ether oxygens (including phenoxy) is 1. The molecule has 0 saturated carbocycles. The molecule has 2 aliphatic heterocycles. The summed E-state index contributed by atoms with van der Waals surface area (Å²) in [6, 6.07) is 0.903. The van der Waals surface area contributed by atoms with Crippen LogP contribution in [0.3, 0.4) is 0 Å². The van der Waals surface area contributed by atoms with Gasteiger partial charge in [0.05, 0.1) is 6.54 Å². The van der Waals surface area contributed by atoms with Crippen molar-refractivity contribution in [3.8, 4) is 0 Å². The predicted octanol–water partition coefficient (Wildman–Crippen LogP) is 1.88. The monoisotopic (exact) mass is 196 g/mol. The van der Waals surface area contributed by atoms with E-state index >= 15 is 0 Å². The number of amidine groups is 1. The standard InChI is InChI=1S/C11H20N2O/c1-2-3-10-4-7-13(8-5-10)11-12-6-9-14-11/h10H,2-9H2,1H3. The molecule has 0 atom stereocenters. The molecule has 2 rings (SSSR count). The van der Waals surface area contributed by atoms with Gasteiger partial charge in [0, 0.05) is 13.1 Å². The van der Waals surface area contributed by atoms with Crippen molar-refractivity contribution >= 4 is 6.02 Å². The van der Waals surface area contributed by atoms with Gasteiger partial charge in [-0.2, -0.15) is 0 Å². The van der Waals surface area contributed by atoms with Crippen LogP contribution in [0.2, 0.25) is 0 Å². The summed E-state index contributed by atoms with van der Waals surface area (Å²) >= 11 is 0. The lowest BCUT2D eigenvalue weighted by molar-refractivity contribution is 0.203. The smallest absolute Gasteiger partial charge is 0.287 e. The summed E-state index contributed by atoms with van der Waals surface area (Å²) in [6.07, 6.45) is 5.34. The highest BCUT2D eigenvalue weighted by molar-refractivity contribution is 5.75. The topological polar surface area (TPSA) is 24.8 Å². The molecule has 1 fully saturated rings. The third-order valence-electron chi connectivity index (χ3n) is 3.15. The second kappa shape index (κ2) is 4.67. The lowest BCUT2D eigenvalue weighted by Crippen LogP contribution is -2.38. The van der Waals surface area contributed by atoms with E-state index in [0.717, 1.165) is 38.2 Å². The molecule has 1 saturated heterocycles. The molecule has 0 aliphatic carbocycles. The van der Waals surface area contributed by atoms with Crippen LogP contribution in [0.15, 0.2) is 4.99 Å². The maximum absolute atomic E-state index is 5.46. The summed E-state index contributed by atoms with van der Waals surface area (Å²) in [5, 5.41) is 0. The Kier molecular flexibility index (Phi) is 3.27. The molecule has 0 aromatic heterocycles. The molecule has 0 amide bonds. The second-order valence-electron chi connectivity index (χ2n) is 4.23. The second-order valence-corrected chi connectivity index (χ2v) is 4.23. The summed E-state index contributed by atoms with van der Waals surface area (Å²) in [7, 11) is 0. The van der Waals surface area contributed by atoms with Gasteiger partial charge >= 0.3 is 0 Å². The Morgan fingerprint density at radius 3 is 2.79 bits per heavy atom. The molecule has 0 aromatic carbocycles. The highest BCUT2D eigenvalue weighted by atomic mass is 16.5. The molecule has 0 aromatic rings. The van der Waals surface area contributed by atoms with Crippen molar-refractivity contribution in [3.63, 3.8) is 0 Å². The molecule has 0 spiro atoms. The molecule has 0 bridgehead atoms. The Balaban J connectivity index is 1.78. The van der Waals surface area contributed by atoms with Crippen molar-refractivity contribution in [3.05, 3.63) is 0 Å². The minimum absolute atomic E-state index is 0.782. The lowest BCUT2D eigenvalue weighted by Gasteiger charge is -2.32. The molecule has 80 valence electrons. The van der Waals surface area contributed by atoms with Gasteiger partial charge in [0.15, 0.2) is 0 Å². The zero-order chi connectivity index (χ0) is 9.80. The Hall–Kier alpha value is -0.730. The van der Waals surface area contributed by atoms with Crippen LogP contribution >= 0.6 is 0 Å². The highest BCUT2D eigenvalue weighted by Crippen LogP contribution is 2.22. The minimum Gasteiger partial charge on any atom is -0.463 e. The van der Waals surface area contributed by atoms with Gasteiger partial charge in [-0.1, -0.05) is 19.8 Å². The number of nitrogens with zero attached hydrogens (tertiary/aromatic N) is 2. The number of piperidine rings is 1. The summed E-state index contributed by atoms with van der Waals surface area (Å²) in [5.74, 6) is 0.943. The quantitative estimate of drug-likeness (QED) is 0.673. The normalized spacial score (nSPS) is 23.5. The van der Waals surface area contributed by atoms with Gasteiger partial charge in [-0.25, -0.2) is 4.99 Å². The van der Waals surface area contributed by atoms with Crippen LogP contribution in [-0.4, -0.2) is 37.2 Å². The fraction of sp³-hybridized carbons (Fsp3) is 0.909. The van der Waals surface area contributed by atoms with Crippen LogP contribution in [0.25, 0.3) is 0 Å². The first-order valence-electron chi connectivity index (χ1n) is 5.82. The fourth-order valence-electron chi connectivity index (χ4n) is 2.34. The number of rotatable bonds is 2. The van der Waals surface area contributed by atoms with E-state index in [1.54, 1.807) is 0 Å². The van der Waals surface area contributed by atoms with Crippen molar-refractivity contribution in [1.29, 1.82) is 0 Å². The van der Waals surface area contributed by atoms with Gasteiger partial charge in [-0.15, -0.1) is 0 Å². The van der Waals surface area contributed by atoms with Gasteiger partial charge < -0.3 is 9.64 Å². The molecule has 3 nitrogen and oxygen atoms in total. The lowest BCUT2D eigenvalue weighted by atomic mass is 9.93. The first-order chi connectivity index (χ1) is 6.90. The average Bonchev–Trinajstić information content (AvgIpc) is 2.72.